The second kappa shape index (κ2) is 5.67. The van der Waals surface area contributed by atoms with Gasteiger partial charge in [-0.05, 0) is 48.9 Å². The van der Waals surface area contributed by atoms with Gasteiger partial charge in [0.15, 0.2) is 0 Å². The second-order valence-electron chi connectivity index (χ2n) is 4.71. The average molecular weight is 279 g/mol. The Balaban J connectivity index is 2.42. The van der Waals surface area contributed by atoms with E-state index in [1.165, 1.54) is 12.1 Å². The van der Waals surface area contributed by atoms with Gasteiger partial charge < -0.3 is 5.32 Å². The largest absolute Gasteiger partial charge is 0.416 e. The number of alkyl halides is 3. The zero-order valence-electron chi connectivity index (χ0n) is 11.3. The molecule has 4 heteroatoms. The van der Waals surface area contributed by atoms with Gasteiger partial charge in [-0.25, -0.2) is 0 Å². The summed E-state index contributed by atoms with van der Waals surface area (Å²) in [6.45, 7) is 2.01. The van der Waals surface area contributed by atoms with Crippen LogP contribution in [0.1, 0.15) is 24.1 Å². The zero-order chi connectivity index (χ0) is 14.8. The van der Waals surface area contributed by atoms with E-state index in [9.17, 15) is 13.2 Å². The predicted octanol–water partition coefficient (Wildman–Crippen LogP) is 4.65. The third-order valence-corrected chi connectivity index (χ3v) is 3.34. The summed E-state index contributed by atoms with van der Waals surface area (Å²) in [7, 11) is 1.85. The molecule has 20 heavy (non-hydrogen) atoms. The molecule has 0 spiro atoms. The first-order valence-electron chi connectivity index (χ1n) is 6.36. The van der Waals surface area contributed by atoms with Gasteiger partial charge in [0.25, 0.3) is 0 Å². The molecule has 2 aromatic carbocycles. The number of hydrogen-bond donors (Lipinski definition) is 1. The van der Waals surface area contributed by atoms with Crippen molar-refractivity contribution in [2.45, 2.75) is 19.1 Å². The molecule has 2 aromatic rings. The van der Waals surface area contributed by atoms with Crippen molar-refractivity contribution in [1.82, 2.24) is 5.32 Å². The molecule has 1 nitrogen and oxygen atoms in total. The molecule has 0 radical (unpaired) electrons. The molecule has 0 fully saturated rings. The van der Waals surface area contributed by atoms with E-state index in [0.717, 1.165) is 17.2 Å². The number of halogens is 3. The molecule has 106 valence electrons. The highest BCUT2D eigenvalue weighted by Crippen LogP contribution is 2.32. The molecule has 0 bridgehead atoms. The van der Waals surface area contributed by atoms with E-state index >= 15 is 0 Å². The van der Waals surface area contributed by atoms with Crippen molar-refractivity contribution < 1.29 is 13.2 Å². The van der Waals surface area contributed by atoms with E-state index in [4.69, 9.17) is 0 Å². The van der Waals surface area contributed by atoms with Gasteiger partial charge in [-0.2, -0.15) is 13.2 Å². The lowest BCUT2D eigenvalue weighted by Gasteiger charge is -2.13. The van der Waals surface area contributed by atoms with Gasteiger partial charge in [0.05, 0.1) is 5.56 Å². The Labute approximate surface area is 116 Å². The highest BCUT2D eigenvalue weighted by Gasteiger charge is 2.30. The fourth-order valence-electron chi connectivity index (χ4n) is 2.03. The Kier molecular flexibility index (Phi) is 4.14. The molecule has 0 aliphatic heterocycles. The molecule has 0 aliphatic rings. The molecule has 0 amide bonds. The van der Waals surface area contributed by atoms with Gasteiger partial charge in [0.1, 0.15) is 0 Å². The first-order chi connectivity index (χ1) is 9.41. The fraction of sp³-hybridized carbons (Fsp3) is 0.250. The molecule has 2 rings (SSSR count). The lowest BCUT2D eigenvalue weighted by Crippen LogP contribution is -2.12. The van der Waals surface area contributed by atoms with Crippen molar-refractivity contribution in [3.63, 3.8) is 0 Å². The van der Waals surface area contributed by atoms with Gasteiger partial charge in [-0.15, -0.1) is 0 Å². The molecular formula is C16H16F3N. The zero-order valence-corrected chi connectivity index (χ0v) is 11.3. The van der Waals surface area contributed by atoms with Crippen molar-refractivity contribution in [2.75, 3.05) is 7.05 Å². The van der Waals surface area contributed by atoms with Crippen LogP contribution in [0.5, 0.6) is 0 Å². The lowest BCUT2D eigenvalue weighted by molar-refractivity contribution is -0.137. The molecular weight excluding hydrogens is 263 g/mol. The van der Waals surface area contributed by atoms with Crippen LogP contribution < -0.4 is 5.32 Å². The van der Waals surface area contributed by atoms with E-state index in [1.807, 2.05) is 38.2 Å². The molecule has 1 atom stereocenters. The Morgan fingerprint density at radius 1 is 0.950 bits per heavy atom. The number of hydrogen-bond acceptors (Lipinski definition) is 1. The molecule has 1 N–H and O–H groups in total. The monoisotopic (exact) mass is 279 g/mol. The first kappa shape index (κ1) is 14.6. The van der Waals surface area contributed by atoms with E-state index < -0.39 is 11.7 Å². The second-order valence-corrected chi connectivity index (χ2v) is 4.71. The van der Waals surface area contributed by atoms with Crippen LogP contribution in [0.25, 0.3) is 11.1 Å². The average Bonchev–Trinajstić information content (AvgIpc) is 2.46. The minimum Gasteiger partial charge on any atom is -0.313 e. The molecule has 0 aliphatic carbocycles. The Morgan fingerprint density at radius 3 is 2.15 bits per heavy atom. The Hall–Kier alpha value is -1.81. The van der Waals surface area contributed by atoms with Crippen LogP contribution in [0.4, 0.5) is 13.2 Å². The van der Waals surface area contributed by atoms with E-state index in [1.54, 1.807) is 6.07 Å². The van der Waals surface area contributed by atoms with Gasteiger partial charge in [-0.1, -0.05) is 30.3 Å². The smallest absolute Gasteiger partial charge is 0.313 e. The van der Waals surface area contributed by atoms with Crippen LogP contribution in [0.2, 0.25) is 0 Å². The van der Waals surface area contributed by atoms with Crippen molar-refractivity contribution >= 4 is 0 Å². The molecule has 0 aromatic heterocycles. The first-order valence-corrected chi connectivity index (χ1v) is 6.36. The maximum absolute atomic E-state index is 12.7. The normalized spacial score (nSPS) is 13.2. The van der Waals surface area contributed by atoms with Crippen LogP contribution in [0, 0.1) is 0 Å². The molecule has 0 saturated heterocycles. The SMILES string of the molecule is CNC(C)c1cccc(-c2cccc(C(F)(F)F)c2)c1. The summed E-state index contributed by atoms with van der Waals surface area (Å²) in [6.07, 6.45) is -4.31. The van der Waals surface area contributed by atoms with Crippen molar-refractivity contribution in [3.05, 3.63) is 59.7 Å². The Bertz CT molecular complexity index is 590. The summed E-state index contributed by atoms with van der Waals surface area (Å²) in [5, 5.41) is 3.12. The molecule has 0 heterocycles. The summed E-state index contributed by atoms with van der Waals surface area (Å²) in [4.78, 5) is 0. The number of nitrogens with one attached hydrogen (secondary N) is 1. The van der Waals surface area contributed by atoms with Gasteiger partial charge in [0, 0.05) is 6.04 Å². The maximum atomic E-state index is 12.7. The van der Waals surface area contributed by atoms with E-state index in [-0.39, 0.29) is 6.04 Å². The van der Waals surface area contributed by atoms with E-state index in [0.29, 0.717) is 5.56 Å². The van der Waals surface area contributed by atoms with Gasteiger partial charge >= 0.3 is 6.18 Å². The molecule has 1 unspecified atom stereocenters. The quantitative estimate of drug-likeness (QED) is 0.862. The minimum atomic E-state index is -4.31. The van der Waals surface area contributed by atoms with Crippen LogP contribution in [-0.4, -0.2) is 7.05 Å². The predicted molar refractivity (Wildman–Crippen MR) is 74.4 cm³/mol. The van der Waals surface area contributed by atoms with Crippen molar-refractivity contribution in [2.24, 2.45) is 0 Å². The van der Waals surface area contributed by atoms with Crippen molar-refractivity contribution in [3.8, 4) is 11.1 Å². The summed E-state index contributed by atoms with van der Waals surface area (Å²) < 4.78 is 38.2. The third-order valence-electron chi connectivity index (χ3n) is 3.34. The highest BCUT2D eigenvalue weighted by atomic mass is 19.4. The van der Waals surface area contributed by atoms with Crippen molar-refractivity contribution in [1.29, 1.82) is 0 Å². The summed E-state index contributed by atoms with van der Waals surface area (Å²) in [6, 6.07) is 13.1. The summed E-state index contributed by atoms with van der Waals surface area (Å²) in [5.74, 6) is 0. The number of benzene rings is 2. The van der Waals surface area contributed by atoms with Crippen LogP contribution >= 0.6 is 0 Å². The minimum absolute atomic E-state index is 0.153. The van der Waals surface area contributed by atoms with Gasteiger partial charge in [0.2, 0.25) is 0 Å². The molecule has 0 saturated carbocycles. The van der Waals surface area contributed by atoms with Gasteiger partial charge in [-0.3, -0.25) is 0 Å². The van der Waals surface area contributed by atoms with Crippen LogP contribution in [0.3, 0.4) is 0 Å². The standard InChI is InChI=1S/C16H16F3N/c1-11(20-2)12-5-3-6-13(9-12)14-7-4-8-15(10-14)16(17,18)19/h3-11,20H,1-2H3. The Morgan fingerprint density at radius 2 is 1.55 bits per heavy atom. The lowest BCUT2D eigenvalue weighted by atomic mass is 9.99. The van der Waals surface area contributed by atoms with Crippen LogP contribution in [-0.2, 0) is 6.18 Å². The highest BCUT2D eigenvalue weighted by molar-refractivity contribution is 5.65. The summed E-state index contributed by atoms with van der Waals surface area (Å²) >= 11 is 0. The third kappa shape index (κ3) is 3.20. The van der Waals surface area contributed by atoms with E-state index in [2.05, 4.69) is 5.32 Å². The summed E-state index contributed by atoms with van der Waals surface area (Å²) in [5.41, 5.74) is 1.78. The number of rotatable bonds is 3. The topological polar surface area (TPSA) is 12.0 Å². The fourth-order valence-corrected chi connectivity index (χ4v) is 2.03. The maximum Gasteiger partial charge on any atom is 0.416 e. The van der Waals surface area contributed by atoms with Crippen LogP contribution in [0.15, 0.2) is 48.5 Å².